The van der Waals surface area contributed by atoms with E-state index in [0.29, 0.717) is 18.8 Å². The number of amides is 3. The highest BCUT2D eigenvalue weighted by Gasteiger charge is 2.50. The number of rotatable bonds is 18. The molecule has 3 rings (SSSR count). The summed E-state index contributed by atoms with van der Waals surface area (Å²) in [6.45, 7) is 9.60. The molecule has 0 radical (unpaired) electrons. The van der Waals surface area contributed by atoms with Crippen LogP contribution in [0.3, 0.4) is 0 Å². The van der Waals surface area contributed by atoms with Crippen LogP contribution in [0.4, 0.5) is 0 Å². The van der Waals surface area contributed by atoms with Crippen LogP contribution in [-0.2, 0) is 30.3 Å². The van der Waals surface area contributed by atoms with Crippen LogP contribution in [0.5, 0.6) is 5.75 Å². The van der Waals surface area contributed by atoms with E-state index < -0.39 is 35.5 Å². The molecule has 1 fully saturated rings. The molecule has 0 spiro atoms. The molecular formula is C33H50N4O6. The van der Waals surface area contributed by atoms with Gasteiger partial charge < -0.3 is 25.4 Å². The Labute approximate surface area is 256 Å². The first-order chi connectivity index (χ1) is 20.6. The molecule has 1 saturated heterocycles. The van der Waals surface area contributed by atoms with E-state index in [9.17, 15) is 19.2 Å². The van der Waals surface area contributed by atoms with Crippen molar-refractivity contribution < 1.29 is 28.7 Å². The van der Waals surface area contributed by atoms with E-state index in [-0.39, 0.29) is 24.7 Å². The van der Waals surface area contributed by atoms with Crippen molar-refractivity contribution in [1.82, 2.24) is 20.9 Å². The molecule has 0 bridgehead atoms. The van der Waals surface area contributed by atoms with E-state index in [1.165, 1.54) is 0 Å². The summed E-state index contributed by atoms with van der Waals surface area (Å²) < 4.78 is 10.7. The summed E-state index contributed by atoms with van der Waals surface area (Å²) in [5.41, 5.74) is 1.06. The number of nitrogens with one attached hydrogen (secondary N) is 3. The molecule has 1 aromatic carbocycles. The third-order valence-corrected chi connectivity index (χ3v) is 8.03. The summed E-state index contributed by atoms with van der Waals surface area (Å²) in [5.74, 6) is -0.668. The first kappa shape index (κ1) is 34.3. The van der Waals surface area contributed by atoms with E-state index in [4.69, 9.17) is 9.47 Å². The predicted octanol–water partition coefficient (Wildman–Crippen LogP) is 3.08. The molecule has 1 aliphatic carbocycles. The second-order valence-corrected chi connectivity index (χ2v) is 11.9. The summed E-state index contributed by atoms with van der Waals surface area (Å²) >= 11 is 0. The zero-order chi connectivity index (χ0) is 31.4. The molecule has 1 aliphatic heterocycles. The molecule has 10 nitrogen and oxygen atoms in total. The van der Waals surface area contributed by atoms with E-state index in [0.717, 1.165) is 62.8 Å². The van der Waals surface area contributed by atoms with Gasteiger partial charge in [-0.1, -0.05) is 37.6 Å². The number of nitrogens with zero attached hydrogens (tertiary/aromatic N) is 1. The molecule has 4 atom stereocenters. The average molecular weight is 599 g/mol. The second kappa shape index (κ2) is 16.6. The van der Waals surface area contributed by atoms with E-state index in [2.05, 4.69) is 40.8 Å². The Kier molecular flexibility index (Phi) is 13.2. The Hall–Kier alpha value is -3.24. The summed E-state index contributed by atoms with van der Waals surface area (Å²) in [6.07, 6.45) is 8.68. The van der Waals surface area contributed by atoms with Crippen molar-refractivity contribution in [2.75, 3.05) is 33.4 Å². The lowest BCUT2D eigenvalue weighted by atomic mass is 9.89. The van der Waals surface area contributed by atoms with Crippen LogP contribution in [-0.4, -0.2) is 85.5 Å². The van der Waals surface area contributed by atoms with Crippen molar-refractivity contribution in [3.8, 4) is 5.75 Å². The maximum atomic E-state index is 13.8. The van der Waals surface area contributed by atoms with Crippen molar-refractivity contribution in [1.29, 1.82) is 0 Å². The summed E-state index contributed by atoms with van der Waals surface area (Å²) in [5, 5.41) is 8.56. The van der Waals surface area contributed by atoms with Gasteiger partial charge in [0.25, 0.3) is 0 Å². The number of epoxide rings is 1. The normalized spacial score (nSPS) is 19.9. The van der Waals surface area contributed by atoms with Crippen LogP contribution in [0, 0.1) is 0 Å². The fourth-order valence-corrected chi connectivity index (χ4v) is 5.41. The Morgan fingerprint density at radius 1 is 0.953 bits per heavy atom. The largest absolute Gasteiger partial charge is 0.497 e. The number of hydrogen-bond donors (Lipinski definition) is 3. The maximum absolute atomic E-state index is 13.8. The molecule has 1 heterocycles. The number of carbonyl (C=O) groups is 4. The van der Waals surface area contributed by atoms with Crippen molar-refractivity contribution in [3.63, 3.8) is 0 Å². The van der Waals surface area contributed by atoms with Gasteiger partial charge in [0.15, 0.2) is 5.78 Å². The number of methoxy groups -OCH3 is 1. The number of hydrogen-bond acceptors (Lipinski definition) is 7. The van der Waals surface area contributed by atoms with E-state index in [1.807, 2.05) is 12.1 Å². The van der Waals surface area contributed by atoms with Crippen molar-refractivity contribution in [2.45, 2.75) is 103 Å². The summed E-state index contributed by atoms with van der Waals surface area (Å²) in [6, 6.07) is 4.66. The number of benzene rings is 1. The first-order valence-electron chi connectivity index (χ1n) is 15.7. The van der Waals surface area contributed by atoms with Crippen molar-refractivity contribution >= 4 is 23.5 Å². The predicted molar refractivity (Wildman–Crippen MR) is 166 cm³/mol. The average Bonchev–Trinajstić information content (AvgIpc) is 3.75. The number of carbonyl (C=O) groups excluding carboxylic acids is 4. The molecule has 238 valence electrons. The summed E-state index contributed by atoms with van der Waals surface area (Å²) in [4.78, 5) is 55.3. The van der Waals surface area contributed by atoms with Crippen LogP contribution in [0.2, 0.25) is 0 Å². The Bertz CT molecular complexity index is 1120. The topological polar surface area (TPSA) is 129 Å². The summed E-state index contributed by atoms with van der Waals surface area (Å²) in [7, 11) is 1.58. The molecule has 1 aromatic rings. The highest BCUT2D eigenvalue weighted by Crippen LogP contribution is 2.31. The standard InChI is InChI=1S/C33H50N4O6/c1-6-17-37(18-7-2)21-29(38)34-23(3)31(40)36-28(20-25-13-15-26(42-5)16-14-25)32(41)35-27(30(39)33(4)22-43-33)19-24-11-9-8-10-12-24/h11,13-16,23,27-28H,6-10,12,17-22H2,1-5H3,(H,34,38)(H,35,41)(H,36,40). The molecule has 0 aromatic heterocycles. The third-order valence-electron chi connectivity index (χ3n) is 8.03. The lowest BCUT2D eigenvalue weighted by molar-refractivity contribution is -0.134. The zero-order valence-corrected chi connectivity index (χ0v) is 26.5. The molecule has 0 saturated carbocycles. The fraction of sp³-hybridized carbons (Fsp3) is 0.636. The van der Waals surface area contributed by atoms with Gasteiger partial charge in [-0.05, 0) is 89.6 Å². The number of ketones is 1. The number of Topliss-reactive ketones (excluding diaryl/α,β-unsaturated/α-hetero) is 1. The lowest BCUT2D eigenvalue weighted by Gasteiger charge is -2.27. The number of allylic oxidation sites excluding steroid dienone is 1. The monoisotopic (exact) mass is 598 g/mol. The van der Waals surface area contributed by atoms with Gasteiger partial charge in [0.1, 0.15) is 23.4 Å². The Balaban J connectivity index is 1.74. The highest BCUT2D eigenvalue weighted by atomic mass is 16.6. The van der Waals surface area contributed by atoms with Crippen LogP contribution >= 0.6 is 0 Å². The minimum atomic E-state index is -0.972. The molecule has 4 unspecified atom stereocenters. The first-order valence-corrected chi connectivity index (χ1v) is 15.7. The van der Waals surface area contributed by atoms with Gasteiger partial charge in [-0.2, -0.15) is 0 Å². The lowest BCUT2D eigenvalue weighted by Crippen LogP contribution is -2.57. The van der Waals surface area contributed by atoms with Crippen LogP contribution in [0.25, 0.3) is 0 Å². The van der Waals surface area contributed by atoms with Crippen LogP contribution < -0.4 is 20.7 Å². The molecule has 43 heavy (non-hydrogen) atoms. The van der Waals surface area contributed by atoms with E-state index >= 15 is 0 Å². The minimum absolute atomic E-state index is 0.161. The van der Waals surface area contributed by atoms with Gasteiger partial charge in [0.05, 0.1) is 26.3 Å². The van der Waals surface area contributed by atoms with Gasteiger partial charge in [-0.3, -0.25) is 24.1 Å². The molecular weight excluding hydrogens is 548 g/mol. The maximum Gasteiger partial charge on any atom is 0.243 e. The van der Waals surface area contributed by atoms with Gasteiger partial charge in [0.2, 0.25) is 17.7 Å². The quantitative estimate of drug-likeness (QED) is 0.175. The van der Waals surface area contributed by atoms with Gasteiger partial charge >= 0.3 is 0 Å². The fourth-order valence-electron chi connectivity index (χ4n) is 5.41. The van der Waals surface area contributed by atoms with Gasteiger partial charge in [-0.25, -0.2) is 0 Å². The van der Waals surface area contributed by atoms with Crippen LogP contribution in [0.15, 0.2) is 35.9 Å². The highest BCUT2D eigenvalue weighted by molar-refractivity contribution is 5.98. The zero-order valence-electron chi connectivity index (χ0n) is 26.5. The SMILES string of the molecule is CCCN(CCC)CC(=O)NC(C)C(=O)NC(Cc1ccc(OC)cc1)C(=O)NC(CC1=CCCCC1)C(=O)C1(C)CO1. The molecule has 2 aliphatic rings. The third kappa shape index (κ3) is 10.8. The van der Waals surface area contributed by atoms with Crippen molar-refractivity contribution in [3.05, 3.63) is 41.5 Å². The number of ether oxygens (including phenoxy) is 2. The molecule has 3 N–H and O–H groups in total. The van der Waals surface area contributed by atoms with Crippen LogP contribution in [0.1, 0.15) is 78.2 Å². The van der Waals surface area contributed by atoms with Gasteiger partial charge in [-0.15, -0.1) is 0 Å². The minimum Gasteiger partial charge on any atom is -0.497 e. The van der Waals surface area contributed by atoms with Crippen molar-refractivity contribution in [2.24, 2.45) is 0 Å². The smallest absolute Gasteiger partial charge is 0.243 e. The Morgan fingerprint density at radius 3 is 2.16 bits per heavy atom. The Morgan fingerprint density at radius 2 is 1.60 bits per heavy atom. The second-order valence-electron chi connectivity index (χ2n) is 11.9. The van der Waals surface area contributed by atoms with E-state index in [1.54, 1.807) is 33.1 Å². The molecule has 10 heteroatoms. The molecule has 3 amide bonds. The van der Waals surface area contributed by atoms with Gasteiger partial charge in [0, 0.05) is 6.42 Å².